The molecule has 0 bridgehead atoms. The minimum Gasteiger partial charge on any atom is -0.493 e. The fourth-order valence-electron chi connectivity index (χ4n) is 2.87. The average molecular weight is 451 g/mol. The molecule has 1 amide bonds. The van der Waals surface area contributed by atoms with E-state index in [2.05, 4.69) is 4.99 Å². The Morgan fingerprint density at radius 2 is 1.73 bits per heavy atom. The predicted molar refractivity (Wildman–Crippen MR) is 113 cm³/mol. The van der Waals surface area contributed by atoms with Crippen LogP contribution in [-0.4, -0.2) is 44.9 Å². The number of hydrogen-bond acceptors (Lipinski definition) is 7. The minimum absolute atomic E-state index is 0.137. The van der Waals surface area contributed by atoms with E-state index in [9.17, 15) is 9.59 Å². The number of amides is 1. The van der Waals surface area contributed by atoms with Crippen LogP contribution in [0.5, 0.6) is 17.2 Å². The van der Waals surface area contributed by atoms with Crippen molar-refractivity contribution in [3.63, 3.8) is 0 Å². The third-order valence-electron chi connectivity index (χ3n) is 4.28. The van der Waals surface area contributed by atoms with Crippen LogP contribution in [0.25, 0.3) is 10.2 Å². The van der Waals surface area contributed by atoms with E-state index >= 15 is 0 Å². The van der Waals surface area contributed by atoms with Gasteiger partial charge in [-0.1, -0.05) is 29.0 Å². The van der Waals surface area contributed by atoms with Gasteiger partial charge < -0.3 is 23.5 Å². The number of methoxy groups -OCH3 is 4. The van der Waals surface area contributed by atoms with Crippen LogP contribution in [0.15, 0.2) is 35.3 Å². The summed E-state index contributed by atoms with van der Waals surface area (Å²) >= 11 is 7.57. The molecule has 0 aliphatic rings. The molecule has 1 aromatic heterocycles. The summed E-state index contributed by atoms with van der Waals surface area (Å²) in [5.41, 5.74) is 0.837. The summed E-state index contributed by atoms with van der Waals surface area (Å²) in [4.78, 5) is 29.4. The Morgan fingerprint density at radius 1 is 1.07 bits per heavy atom. The number of halogens is 1. The number of esters is 1. The number of aromatic nitrogens is 1. The molecule has 0 radical (unpaired) electrons. The maximum atomic E-state index is 12.9. The molecule has 0 aliphatic heterocycles. The lowest BCUT2D eigenvalue weighted by Crippen LogP contribution is -2.22. The number of rotatable bonds is 6. The third-order valence-corrected chi connectivity index (χ3v) is 5.62. The van der Waals surface area contributed by atoms with Gasteiger partial charge in [-0.05, 0) is 24.3 Å². The molecule has 2 aromatic carbocycles. The Labute approximate surface area is 181 Å². The third kappa shape index (κ3) is 4.12. The summed E-state index contributed by atoms with van der Waals surface area (Å²) in [6, 6.07) is 8.35. The van der Waals surface area contributed by atoms with Crippen molar-refractivity contribution in [2.45, 2.75) is 6.54 Å². The molecule has 1 heterocycles. The zero-order valence-corrected chi connectivity index (χ0v) is 18.3. The van der Waals surface area contributed by atoms with Crippen LogP contribution in [0.4, 0.5) is 0 Å². The van der Waals surface area contributed by atoms with Crippen LogP contribution in [0, 0.1) is 0 Å². The number of ether oxygens (including phenoxy) is 4. The van der Waals surface area contributed by atoms with Gasteiger partial charge in [0.05, 0.1) is 43.7 Å². The number of thiazole rings is 1. The summed E-state index contributed by atoms with van der Waals surface area (Å²) in [6.45, 7) is -0.137. The first-order valence-electron chi connectivity index (χ1n) is 8.67. The van der Waals surface area contributed by atoms with Gasteiger partial charge in [-0.3, -0.25) is 9.59 Å². The number of fused-ring (bicyclic) bond motifs is 1. The Hall–Kier alpha value is -3.04. The second kappa shape index (κ2) is 9.19. The number of carbonyl (C=O) groups is 2. The standard InChI is InChI=1S/C20H19ClN2O6S/c1-26-13-8-11(9-14(27-2)18(13)29-4)19(25)22-20-23(10-16(24)28-3)17-12(21)6-5-7-15(17)30-20/h5-9H,10H2,1-4H3. The molecular weight excluding hydrogens is 432 g/mol. The van der Waals surface area contributed by atoms with Crippen molar-refractivity contribution < 1.29 is 28.5 Å². The zero-order chi connectivity index (χ0) is 21.8. The maximum absolute atomic E-state index is 12.9. The van der Waals surface area contributed by atoms with Crippen LogP contribution in [0.3, 0.4) is 0 Å². The van der Waals surface area contributed by atoms with Gasteiger partial charge in [0.25, 0.3) is 5.91 Å². The SMILES string of the molecule is COC(=O)Cn1c(=NC(=O)c2cc(OC)c(OC)c(OC)c2)sc2cccc(Cl)c21. The van der Waals surface area contributed by atoms with Crippen LogP contribution < -0.4 is 19.0 Å². The van der Waals surface area contributed by atoms with Gasteiger partial charge >= 0.3 is 5.97 Å². The van der Waals surface area contributed by atoms with E-state index in [4.69, 9.17) is 30.5 Å². The Balaban J connectivity index is 2.17. The number of nitrogens with zero attached hydrogens (tertiary/aromatic N) is 2. The zero-order valence-electron chi connectivity index (χ0n) is 16.7. The van der Waals surface area contributed by atoms with Crippen molar-refractivity contribution in [1.29, 1.82) is 0 Å². The van der Waals surface area contributed by atoms with Crippen molar-refractivity contribution in [1.82, 2.24) is 4.57 Å². The molecule has 3 rings (SSSR count). The van der Waals surface area contributed by atoms with E-state index in [0.29, 0.717) is 32.6 Å². The van der Waals surface area contributed by atoms with Crippen molar-refractivity contribution in [2.24, 2.45) is 4.99 Å². The van der Waals surface area contributed by atoms with E-state index in [1.165, 1.54) is 51.9 Å². The van der Waals surface area contributed by atoms with E-state index in [1.54, 1.807) is 16.7 Å². The molecule has 0 saturated heterocycles. The molecule has 0 unspecified atom stereocenters. The first-order chi connectivity index (χ1) is 14.4. The van der Waals surface area contributed by atoms with Gasteiger partial charge in [-0.15, -0.1) is 0 Å². The molecule has 0 spiro atoms. The monoisotopic (exact) mass is 450 g/mol. The van der Waals surface area contributed by atoms with Gasteiger partial charge in [0.15, 0.2) is 16.3 Å². The van der Waals surface area contributed by atoms with E-state index in [-0.39, 0.29) is 12.1 Å². The molecule has 3 aromatic rings. The van der Waals surface area contributed by atoms with Gasteiger partial charge in [0.1, 0.15) is 6.54 Å². The summed E-state index contributed by atoms with van der Waals surface area (Å²) in [5.74, 6) is -0.00718. The lowest BCUT2D eigenvalue weighted by molar-refractivity contribution is -0.141. The number of benzene rings is 2. The molecule has 8 nitrogen and oxygen atoms in total. The van der Waals surface area contributed by atoms with Crippen molar-refractivity contribution in [2.75, 3.05) is 28.4 Å². The normalized spacial score (nSPS) is 11.4. The summed E-state index contributed by atoms with van der Waals surface area (Å²) in [6.07, 6.45) is 0. The fraction of sp³-hybridized carbons (Fsp3) is 0.250. The smallest absolute Gasteiger partial charge is 0.325 e. The van der Waals surface area contributed by atoms with Crippen molar-refractivity contribution >= 4 is 45.0 Å². The first-order valence-corrected chi connectivity index (χ1v) is 9.86. The van der Waals surface area contributed by atoms with Crippen molar-refractivity contribution in [3.05, 3.63) is 45.7 Å². The van der Waals surface area contributed by atoms with Gasteiger partial charge in [-0.2, -0.15) is 4.99 Å². The maximum Gasteiger partial charge on any atom is 0.325 e. The molecule has 30 heavy (non-hydrogen) atoms. The van der Waals surface area contributed by atoms with Crippen molar-refractivity contribution in [3.8, 4) is 17.2 Å². The predicted octanol–water partition coefficient (Wildman–Crippen LogP) is 3.30. The van der Waals surface area contributed by atoms with E-state index in [1.807, 2.05) is 6.07 Å². The molecule has 0 aliphatic carbocycles. The number of carbonyl (C=O) groups excluding carboxylic acids is 2. The van der Waals surface area contributed by atoms with Crippen LogP contribution in [0.1, 0.15) is 10.4 Å². The number of para-hydroxylation sites is 1. The number of hydrogen-bond donors (Lipinski definition) is 0. The second-order valence-electron chi connectivity index (χ2n) is 5.96. The van der Waals surface area contributed by atoms with Crippen LogP contribution in [-0.2, 0) is 16.1 Å². The Kier molecular flexibility index (Phi) is 6.63. The quantitative estimate of drug-likeness (QED) is 0.535. The van der Waals surface area contributed by atoms with Crippen LogP contribution in [0.2, 0.25) is 5.02 Å². The topological polar surface area (TPSA) is 88.4 Å². The molecule has 10 heteroatoms. The Morgan fingerprint density at radius 3 is 2.30 bits per heavy atom. The lowest BCUT2D eigenvalue weighted by Gasteiger charge is -2.12. The minimum atomic E-state index is -0.546. The molecule has 0 atom stereocenters. The Bertz CT molecular complexity index is 1160. The summed E-state index contributed by atoms with van der Waals surface area (Å²) < 4.78 is 23.0. The highest BCUT2D eigenvalue weighted by molar-refractivity contribution is 7.16. The molecule has 158 valence electrons. The highest BCUT2D eigenvalue weighted by Crippen LogP contribution is 2.38. The lowest BCUT2D eigenvalue weighted by atomic mass is 10.1. The van der Waals surface area contributed by atoms with Gasteiger partial charge in [0.2, 0.25) is 5.75 Å². The molecule has 0 saturated carbocycles. The van der Waals surface area contributed by atoms with Crippen LogP contribution >= 0.6 is 22.9 Å². The van der Waals surface area contributed by atoms with E-state index < -0.39 is 11.9 Å². The van der Waals surface area contributed by atoms with E-state index in [0.717, 1.165) is 4.70 Å². The fourth-order valence-corrected chi connectivity index (χ4v) is 4.26. The second-order valence-corrected chi connectivity index (χ2v) is 7.38. The highest BCUT2D eigenvalue weighted by atomic mass is 35.5. The largest absolute Gasteiger partial charge is 0.493 e. The molecular formula is C20H19ClN2O6S. The van der Waals surface area contributed by atoms with Gasteiger partial charge in [-0.25, -0.2) is 0 Å². The summed E-state index contributed by atoms with van der Waals surface area (Å²) in [7, 11) is 5.68. The highest BCUT2D eigenvalue weighted by Gasteiger charge is 2.18. The average Bonchev–Trinajstić information content (AvgIpc) is 3.10. The molecule has 0 fully saturated rings. The summed E-state index contributed by atoms with van der Waals surface area (Å²) in [5, 5.41) is 0.439. The molecule has 0 N–H and O–H groups in total. The van der Waals surface area contributed by atoms with Gasteiger partial charge in [0, 0.05) is 5.56 Å². The first kappa shape index (κ1) is 21.7.